The van der Waals surface area contributed by atoms with Gasteiger partial charge in [0.15, 0.2) is 5.82 Å². The highest BCUT2D eigenvalue weighted by atomic mass is 19.1. The first kappa shape index (κ1) is 10.6. The Labute approximate surface area is 101 Å². The van der Waals surface area contributed by atoms with E-state index in [1.54, 1.807) is 6.92 Å². The van der Waals surface area contributed by atoms with Crippen LogP contribution in [-0.4, -0.2) is 17.0 Å². The van der Waals surface area contributed by atoms with Crippen molar-refractivity contribution in [3.05, 3.63) is 47.0 Å². The van der Waals surface area contributed by atoms with E-state index in [0.717, 1.165) is 17.0 Å². The van der Waals surface area contributed by atoms with Crippen LogP contribution in [0.3, 0.4) is 0 Å². The summed E-state index contributed by atoms with van der Waals surface area (Å²) in [6.07, 6.45) is 0. The highest BCUT2D eigenvalue weighted by Gasteiger charge is 2.38. The molecule has 0 bridgehead atoms. The molecule has 1 aliphatic heterocycles. The molecule has 0 N–H and O–H groups in total. The zero-order valence-electron chi connectivity index (χ0n) is 9.31. The molecule has 1 aliphatic rings. The number of rotatable bonds is 1. The number of halogens is 1. The van der Waals surface area contributed by atoms with Gasteiger partial charge in [-0.05, 0) is 25.1 Å². The van der Waals surface area contributed by atoms with Crippen LogP contribution in [-0.2, 0) is 0 Å². The molecule has 1 aromatic heterocycles. The van der Waals surface area contributed by atoms with Gasteiger partial charge in [-0.15, -0.1) is 0 Å². The summed E-state index contributed by atoms with van der Waals surface area (Å²) in [6.45, 7) is 1.65. The molecule has 6 heteroatoms. The van der Waals surface area contributed by atoms with Gasteiger partial charge < -0.3 is 4.52 Å². The zero-order chi connectivity index (χ0) is 12.9. The number of imide groups is 1. The quantitative estimate of drug-likeness (QED) is 0.721. The molecule has 0 spiro atoms. The molecule has 0 radical (unpaired) electrons. The van der Waals surface area contributed by atoms with Crippen molar-refractivity contribution < 1.29 is 18.5 Å². The van der Waals surface area contributed by atoms with E-state index in [4.69, 9.17) is 4.52 Å². The first-order valence-corrected chi connectivity index (χ1v) is 5.19. The number of amides is 2. The molecule has 0 unspecified atom stereocenters. The van der Waals surface area contributed by atoms with Gasteiger partial charge in [0.25, 0.3) is 11.8 Å². The van der Waals surface area contributed by atoms with Crippen LogP contribution < -0.4 is 4.90 Å². The average Bonchev–Trinajstić information content (AvgIpc) is 2.84. The lowest BCUT2D eigenvalue weighted by molar-refractivity contribution is 0.0923. The summed E-state index contributed by atoms with van der Waals surface area (Å²) >= 11 is 0. The van der Waals surface area contributed by atoms with Crippen molar-refractivity contribution in [2.45, 2.75) is 6.92 Å². The van der Waals surface area contributed by atoms with E-state index in [-0.39, 0.29) is 16.9 Å². The fourth-order valence-electron chi connectivity index (χ4n) is 1.88. The third kappa shape index (κ3) is 1.35. The topological polar surface area (TPSA) is 63.4 Å². The van der Waals surface area contributed by atoms with Crippen molar-refractivity contribution in [1.29, 1.82) is 0 Å². The van der Waals surface area contributed by atoms with Crippen LogP contribution in [0.1, 0.15) is 26.5 Å². The summed E-state index contributed by atoms with van der Waals surface area (Å²) in [5.74, 6) is -1.09. The van der Waals surface area contributed by atoms with Crippen molar-refractivity contribution in [2.75, 3.05) is 4.90 Å². The molecule has 2 aromatic rings. The van der Waals surface area contributed by atoms with Crippen LogP contribution in [0.15, 0.2) is 28.8 Å². The molecule has 5 nitrogen and oxygen atoms in total. The summed E-state index contributed by atoms with van der Waals surface area (Å²) in [6, 6.07) is 4.94. The minimum Gasteiger partial charge on any atom is -0.360 e. The lowest BCUT2D eigenvalue weighted by Gasteiger charge is -2.07. The standard InChI is InChI=1S/C12H7FN2O3/c1-6-4-10(14-18-6)15-11(16)8-3-2-7(13)5-9(8)12(15)17/h2-5H,1H3. The molecule has 0 fully saturated rings. The first-order valence-electron chi connectivity index (χ1n) is 5.19. The molecule has 0 aliphatic carbocycles. The Balaban J connectivity index is 2.12. The van der Waals surface area contributed by atoms with Gasteiger partial charge in [0, 0.05) is 6.07 Å². The van der Waals surface area contributed by atoms with Gasteiger partial charge in [0.1, 0.15) is 11.6 Å². The van der Waals surface area contributed by atoms with Crippen LogP contribution in [0.2, 0.25) is 0 Å². The molecule has 0 saturated carbocycles. The second kappa shape index (κ2) is 3.49. The largest absolute Gasteiger partial charge is 0.360 e. The maximum absolute atomic E-state index is 13.1. The summed E-state index contributed by atoms with van der Waals surface area (Å²) in [5, 5.41) is 3.62. The van der Waals surface area contributed by atoms with Gasteiger partial charge in [-0.1, -0.05) is 5.16 Å². The van der Waals surface area contributed by atoms with E-state index >= 15 is 0 Å². The Morgan fingerprint density at radius 2 is 1.89 bits per heavy atom. The molecule has 18 heavy (non-hydrogen) atoms. The Kier molecular flexibility index (Phi) is 2.07. The lowest BCUT2D eigenvalue weighted by Crippen LogP contribution is -2.29. The van der Waals surface area contributed by atoms with Crippen molar-refractivity contribution in [1.82, 2.24) is 5.16 Å². The first-order chi connectivity index (χ1) is 8.58. The minimum absolute atomic E-state index is 0.0423. The smallest absolute Gasteiger partial charge is 0.267 e. The predicted molar refractivity (Wildman–Crippen MR) is 58.8 cm³/mol. The second-order valence-electron chi connectivity index (χ2n) is 3.93. The molecular formula is C12H7FN2O3. The van der Waals surface area contributed by atoms with E-state index in [1.165, 1.54) is 12.1 Å². The van der Waals surface area contributed by atoms with E-state index in [9.17, 15) is 14.0 Å². The average molecular weight is 246 g/mol. The van der Waals surface area contributed by atoms with Crippen molar-refractivity contribution >= 4 is 17.6 Å². The number of hydrogen-bond donors (Lipinski definition) is 0. The van der Waals surface area contributed by atoms with E-state index in [2.05, 4.69) is 5.16 Å². The molecule has 0 saturated heterocycles. The normalized spacial score (nSPS) is 14.2. The SMILES string of the molecule is Cc1cc(N2C(=O)c3ccc(F)cc3C2=O)no1. The highest BCUT2D eigenvalue weighted by Crippen LogP contribution is 2.28. The van der Waals surface area contributed by atoms with E-state index < -0.39 is 17.6 Å². The third-order valence-electron chi connectivity index (χ3n) is 2.69. The summed E-state index contributed by atoms with van der Waals surface area (Å²) < 4.78 is 17.9. The van der Waals surface area contributed by atoms with Gasteiger partial charge in [0.05, 0.1) is 11.1 Å². The Morgan fingerprint density at radius 3 is 2.56 bits per heavy atom. The van der Waals surface area contributed by atoms with Gasteiger partial charge >= 0.3 is 0 Å². The molecule has 3 rings (SSSR count). The Bertz CT molecular complexity index is 678. The van der Waals surface area contributed by atoms with Crippen LogP contribution in [0.25, 0.3) is 0 Å². The highest BCUT2D eigenvalue weighted by molar-refractivity contribution is 6.34. The lowest BCUT2D eigenvalue weighted by atomic mass is 10.1. The van der Waals surface area contributed by atoms with Crippen molar-refractivity contribution in [2.24, 2.45) is 0 Å². The number of aromatic nitrogens is 1. The minimum atomic E-state index is -0.595. The van der Waals surface area contributed by atoms with Crippen molar-refractivity contribution in [3.8, 4) is 0 Å². The molecule has 90 valence electrons. The number of aryl methyl sites for hydroxylation is 1. The monoisotopic (exact) mass is 246 g/mol. The molecule has 2 heterocycles. The Morgan fingerprint density at radius 1 is 1.17 bits per heavy atom. The maximum Gasteiger partial charge on any atom is 0.267 e. The van der Waals surface area contributed by atoms with E-state index in [1.807, 2.05) is 0 Å². The molecular weight excluding hydrogens is 239 g/mol. The maximum atomic E-state index is 13.1. The second-order valence-corrected chi connectivity index (χ2v) is 3.93. The van der Waals surface area contributed by atoms with Gasteiger partial charge in [-0.25, -0.2) is 9.29 Å². The fourth-order valence-corrected chi connectivity index (χ4v) is 1.88. The number of carbonyl (C=O) groups is 2. The number of benzene rings is 1. The molecule has 2 amide bonds. The summed E-state index contributed by atoms with van der Waals surface area (Å²) in [7, 11) is 0. The van der Waals surface area contributed by atoms with E-state index in [0.29, 0.717) is 5.76 Å². The zero-order valence-corrected chi connectivity index (χ0v) is 9.31. The fraction of sp³-hybridized carbons (Fsp3) is 0.0833. The van der Waals surface area contributed by atoms with Crippen LogP contribution in [0, 0.1) is 12.7 Å². The number of anilines is 1. The van der Waals surface area contributed by atoms with Gasteiger partial charge in [0.2, 0.25) is 0 Å². The van der Waals surface area contributed by atoms with Crippen LogP contribution in [0.4, 0.5) is 10.2 Å². The van der Waals surface area contributed by atoms with Crippen LogP contribution in [0.5, 0.6) is 0 Å². The number of hydrogen-bond acceptors (Lipinski definition) is 4. The van der Waals surface area contributed by atoms with Crippen LogP contribution >= 0.6 is 0 Å². The summed E-state index contributed by atoms with van der Waals surface area (Å²) in [5.41, 5.74) is 0.211. The predicted octanol–water partition coefficient (Wildman–Crippen LogP) is 1.92. The molecule has 0 atom stereocenters. The summed E-state index contributed by atoms with van der Waals surface area (Å²) in [4.78, 5) is 24.9. The molecule has 1 aromatic carbocycles. The third-order valence-corrected chi connectivity index (χ3v) is 2.69. The number of nitrogens with zero attached hydrogens (tertiary/aromatic N) is 2. The number of fused-ring (bicyclic) bond motifs is 1. The Hall–Kier alpha value is -2.50. The number of carbonyl (C=O) groups excluding carboxylic acids is 2. The van der Waals surface area contributed by atoms with Crippen molar-refractivity contribution in [3.63, 3.8) is 0 Å². The van der Waals surface area contributed by atoms with Gasteiger partial charge in [-0.2, -0.15) is 0 Å². The van der Waals surface area contributed by atoms with Gasteiger partial charge in [-0.3, -0.25) is 9.59 Å².